The Labute approximate surface area is 241 Å². The molecule has 2 aromatic rings. The Balaban J connectivity index is 1.30. The average Bonchev–Trinajstić information content (AvgIpc) is 3.59. The summed E-state index contributed by atoms with van der Waals surface area (Å²) >= 11 is 0. The quantitative estimate of drug-likeness (QED) is 0.492. The Kier molecular flexibility index (Phi) is 7.22. The maximum Gasteiger partial charge on any atom is 0.246 e. The van der Waals surface area contributed by atoms with E-state index in [0.29, 0.717) is 23.4 Å². The predicted molar refractivity (Wildman–Crippen MR) is 156 cm³/mol. The van der Waals surface area contributed by atoms with E-state index in [-0.39, 0.29) is 30.3 Å². The minimum atomic E-state index is -1.19. The van der Waals surface area contributed by atoms with Crippen LogP contribution in [0.5, 0.6) is 0 Å². The van der Waals surface area contributed by atoms with Crippen LogP contribution >= 0.6 is 0 Å². The molecule has 4 aliphatic rings. The number of ether oxygens (including phenoxy) is 1. The zero-order valence-electron chi connectivity index (χ0n) is 24.2. The maximum atomic E-state index is 14.2. The second-order valence-corrected chi connectivity index (χ2v) is 12.7. The highest BCUT2D eigenvalue weighted by Gasteiger charge is 2.72. The SMILES string of the molecule is CC(C)c1ccc(NC(=O)[C@H]2[C@H]3C=C[C@@]4(O3)[C@H]2C(=O)N(Cc2cccnc2)[C@@H]4C(=O)N[C@@H]2CCC[C@@H](C)[C@H]2C)cc1. The largest absolute Gasteiger partial charge is 0.359 e. The summed E-state index contributed by atoms with van der Waals surface area (Å²) in [5.41, 5.74) is 1.48. The lowest BCUT2D eigenvalue weighted by Crippen LogP contribution is -2.57. The number of carbonyl (C=O) groups is 3. The molecule has 1 aromatic heterocycles. The summed E-state index contributed by atoms with van der Waals surface area (Å²) in [6, 6.07) is 10.7. The smallest absolute Gasteiger partial charge is 0.246 e. The van der Waals surface area contributed by atoms with Gasteiger partial charge in [0.05, 0.1) is 17.9 Å². The molecule has 2 bridgehead atoms. The normalized spacial score (nSPS) is 33.7. The Bertz CT molecular complexity index is 1340. The number of benzene rings is 1. The molecular weight excluding hydrogens is 516 g/mol. The number of fused-ring (bicyclic) bond motifs is 1. The minimum absolute atomic E-state index is 0.0348. The number of anilines is 1. The molecule has 3 aliphatic heterocycles. The van der Waals surface area contributed by atoms with Crippen molar-refractivity contribution in [2.45, 2.75) is 83.2 Å². The van der Waals surface area contributed by atoms with Crippen LogP contribution in [-0.4, -0.2) is 51.4 Å². The highest BCUT2D eigenvalue weighted by Crippen LogP contribution is 2.55. The number of rotatable bonds is 7. The maximum absolute atomic E-state index is 14.2. The van der Waals surface area contributed by atoms with Crippen molar-refractivity contribution in [3.8, 4) is 0 Å². The monoisotopic (exact) mass is 556 g/mol. The van der Waals surface area contributed by atoms with Gasteiger partial charge >= 0.3 is 0 Å². The first-order valence-electron chi connectivity index (χ1n) is 15.0. The molecule has 8 heteroatoms. The molecule has 3 fully saturated rings. The van der Waals surface area contributed by atoms with E-state index in [1.165, 1.54) is 5.56 Å². The van der Waals surface area contributed by atoms with Gasteiger partial charge < -0.3 is 20.3 Å². The van der Waals surface area contributed by atoms with Crippen molar-refractivity contribution in [1.82, 2.24) is 15.2 Å². The third-order valence-corrected chi connectivity index (χ3v) is 9.88. The molecule has 3 amide bonds. The fourth-order valence-electron chi connectivity index (χ4n) is 7.35. The van der Waals surface area contributed by atoms with Crippen molar-refractivity contribution >= 4 is 23.4 Å². The summed E-state index contributed by atoms with van der Waals surface area (Å²) in [5.74, 6) is -1.02. The first-order chi connectivity index (χ1) is 19.7. The highest BCUT2D eigenvalue weighted by atomic mass is 16.5. The van der Waals surface area contributed by atoms with Crippen LogP contribution in [0.2, 0.25) is 0 Å². The van der Waals surface area contributed by atoms with Crippen LogP contribution in [0, 0.1) is 23.7 Å². The van der Waals surface area contributed by atoms with Crippen molar-refractivity contribution in [3.63, 3.8) is 0 Å². The van der Waals surface area contributed by atoms with E-state index in [2.05, 4.69) is 43.3 Å². The summed E-state index contributed by atoms with van der Waals surface area (Å²) in [6.07, 6.45) is 9.67. The molecule has 4 heterocycles. The Hall–Kier alpha value is -3.52. The highest BCUT2D eigenvalue weighted by molar-refractivity contribution is 6.02. The summed E-state index contributed by atoms with van der Waals surface area (Å²) in [6.45, 7) is 8.88. The van der Waals surface area contributed by atoms with Crippen LogP contribution in [0.15, 0.2) is 60.9 Å². The lowest BCUT2D eigenvalue weighted by atomic mass is 9.73. The molecule has 1 aromatic carbocycles. The van der Waals surface area contributed by atoms with Crippen LogP contribution in [0.25, 0.3) is 0 Å². The zero-order chi connectivity index (χ0) is 28.9. The molecule has 1 spiro atoms. The molecule has 8 nitrogen and oxygen atoms in total. The van der Waals surface area contributed by atoms with Gasteiger partial charge in [-0.05, 0) is 53.5 Å². The second-order valence-electron chi connectivity index (χ2n) is 12.7. The van der Waals surface area contributed by atoms with Crippen molar-refractivity contribution in [3.05, 3.63) is 72.1 Å². The third-order valence-electron chi connectivity index (χ3n) is 9.88. The third kappa shape index (κ3) is 4.76. The lowest BCUT2D eigenvalue weighted by Gasteiger charge is -2.38. The Morgan fingerprint density at radius 2 is 1.90 bits per heavy atom. The van der Waals surface area contributed by atoms with Gasteiger partial charge in [0.15, 0.2) is 0 Å². The lowest BCUT2D eigenvalue weighted by molar-refractivity contribution is -0.142. The number of pyridine rings is 1. The number of hydrogen-bond acceptors (Lipinski definition) is 5. The van der Waals surface area contributed by atoms with Crippen molar-refractivity contribution in [2.24, 2.45) is 23.7 Å². The molecule has 0 radical (unpaired) electrons. The summed E-state index contributed by atoms with van der Waals surface area (Å²) in [5, 5.41) is 6.32. The fraction of sp³-hybridized carbons (Fsp3) is 0.515. The van der Waals surface area contributed by atoms with Gasteiger partial charge in [0.25, 0.3) is 0 Å². The molecule has 0 unspecified atom stereocenters. The van der Waals surface area contributed by atoms with E-state index in [1.807, 2.05) is 48.6 Å². The van der Waals surface area contributed by atoms with Crippen molar-refractivity contribution in [1.29, 1.82) is 0 Å². The van der Waals surface area contributed by atoms with E-state index in [0.717, 1.165) is 24.8 Å². The number of nitrogens with one attached hydrogen (secondary N) is 2. The zero-order valence-corrected chi connectivity index (χ0v) is 24.2. The van der Waals surface area contributed by atoms with E-state index in [9.17, 15) is 14.4 Å². The number of amides is 3. The Morgan fingerprint density at radius 1 is 1.12 bits per heavy atom. The molecular formula is C33H40N4O4. The van der Waals surface area contributed by atoms with Crippen molar-refractivity contribution < 1.29 is 19.1 Å². The molecule has 41 heavy (non-hydrogen) atoms. The van der Waals surface area contributed by atoms with Gasteiger partial charge in [-0.3, -0.25) is 19.4 Å². The number of aromatic nitrogens is 1. The second kappa shape index (κ2) is 10.7. The van der Waals surface area contributed by atoms with Gasteiger partial charge in [0, 0.05) is 30.7 Å². The van der Waals surface area contributed by atoms with E-state index in [4.69, 9.17) is 4.74 Å². The van der Waals surface area contributed by atoms with Gasteiger partial charge in [-0.25, -0.2) is 0 Å². The summed E-state index contributed by atoms with van der Waals surface area (Å²) in [7, 11) is 0. The number of nitrogens with zero attached hydrogens (tertiary/aromatic N) is 2. The van der Waals surface area contributed by atoms with Crippen LogP contribution in [0.1, 0.15) is 64.0 Å². The van der Waals surface area contributed by atoms with Crippen LogP contribution < -0.4 is 10.6 Å². The van der Waals surface area contributed by atoms with Gasteiger partial charge in [-0.15, -0.1) is 0 Å². The van der Waals surface area contributed by atoms with E-state index >= 15 is 0 Å². The average molecular weight is 557 g/mol. The van der Waals surface area contributed by atoms with Gasteiger partial charge in [-0.1, -0.05) is 70.9 Å². The van der Waals surface area contributed by atoms with Crippen molar-refractivity contribution in [2.75, 3.05) is 5.32 Å². The van der Waals surface area contributed by atoms with Gasteiger partial charge in [-0.2, -0.15) is 0 Å². The van der Waals surface area contributed by atoms with E-state index in [1.54, 1.807) is 17.3 Å². The van der Waals surface area contributed by atoms with Crippen LogP contribution in [0.4, 0.5) is 5.69 Å². The predicted octanol–water partition coefficient (Wildman–Crippen LogP) is 4.44. The molecule has 1 saturated carbocycles. The standard InChI is InChI=1S/C33H40N4O4/c1-19(2)23-10-12-24(13-11-23)35-30(38)27-26-14-15-33(41-26)28(27)32(40)37(18-22-8-6-16-34-17-22)29(33)31(39)36-25-9-5-7-20(3)21(25)4/h6,8,10-17,19-21,25-29H,5,7,9,18H2,1-4H3,(H,35,38)(H,36,39)/t20-,21-,25-,26-,27+,28-,29-,33-/m1/s1. The molecule has 2 saturated heterocycles. The fourth-order valence-corrected chi connectivity index (χ4v) is 7.35. The van der Waals surface area contributed by atoms with E-state index < -0.39 is 29.6 Å². The van der Waals surface area contributed by atoms with Crippen LogP contribution in [-0.2, 0) is 25.7 Å². The molecule has 6 rings (SSSR count). The van der Waals surface area contributed by atoms with Gasteiger partial charge in [0.1, 0.15) is 11.6 Å². The summed E-state index contributed by atoms with van der Waals surface area (Å²) in [4.78, 5) is 47.9. The number of hydrogen-bond donors (Lipinski definition) is 2. The van der Waals surface area contributed by atoms with Gasteiger partial charge in [0.2, 0.25) is 17.7 Å². The number of carbonyl (C=O) groups excluding carboxylic acids is 3. The summed E-state index contributed by atoms with van der Waals surface area (Å²) < 4.78 is 6.50. The topological polar surface area (TPSA) is 101 Å². The molecule has 1 aliphatic carbocycles. The number of likely N-dealkylation sites (tertiary alicyclic amines) is 1. The molecule has 2 N–H and O–H groups in total. The Morgan fingerprint density at radius 3 is 2.61 bits per heavy atom. The molecule has 8 atom stereocenters. The van der Waals surface area contributed by atoms with Crippen LogP contribution in [0.3, 0.4) is 0 Å². The minimum Gasteiger partial charge on any atom is -0.359 e. The first-order valence-corrected chi connectivity index (χ1v) is 15.0. The molecule has 216 valence electrons. The first kappa shape index (κ1) is 27.6.